The Labute approximate surface area is 170 Å². The first-order valence-corrected chi connectivity index (χ1v) is 11.1. The molecule has 0 spiro atoms. The molecule has 5 rings (SSSR count). The Morgan fingerprint density at radius 3 is 2.93 bits per heavy atom. The lowest BCUT2D eigenvalue weighted by Gasteiger charge is -2.08. The van der Waals surface area contributed by atoms with Crippen LogP contribution in [-0.2, 0) is 12.2 Å². The Bertz CT molecular complexity index is 1190. The van der Waals surface area contributed by atoms with Crippen LogP contribution < -0.4 is 5.56 Å². The number of aryl methyl sites for hydroxylation is 1. The van der Waals surface area contributed by atoms with E-state index in [2.05, 4.69) is 37.3 Å². The molecule has 0 amide bonds. The maximum absolute atomic E-state index is 12.4. The molecular formula is C20H19N5OS2. The maximum atomic E-state index is 12.4. The zero-order chi connectivity index (χ0) is 19.1. The van der Waals surface area contributed by atoms with E-state index >= 15 is 0 Å². The number of thiophene rings is 1. The van der Waals surface area contributed by atoms with Crippen LogP contribution in [0.3, 0.4) is 0 Å². The second kappa shape index (κ2) is 7.18. The monoisotopic (exact) mass is 409 g/mol. The van der Waals surface area contributed by atoms with Gasteiger partial charge in [0.1, 0.15) is 11.5 Å². The number of hydrogen-bond donors (Lipinski definition) is 0. The van der Waals surface area contributed by atoms with Crippen molar-refractivity contribution in [2.75, 3.05) is 0 Å². The van der Waals surface area contributed by atoms with Gasteiger partial charge in [-0.2, -0.15) is 0 Å². The third-order valence-electron chi connectivity index (χ3n) is 4.77. The van der Waals surface area contributed by atoms with Gasteiger partial charge in [-0.1, -0.05) is 23.9 Å². The Hall–Kier alpha value is -2.45. The highest BCUT2D eigenvalue weighted by Crippen LogP contribution is 2.39. The van der Waals surface area contributed by atoms with Gasteiger partial charge in [0.05, 0.1) is 5.69 Å². The van der Waals surface area contributed by atoms with E-state index in [0.29, 0.717) is 17.4 Å². The molecule has 8 heteroatoms. The fourth-order valence-electron chi connectivity index (χ4n) is 3.27. The highest BCUT2D eigenvalue weighted by Gasteiger charge is 2.29. The zero-order valence-electron chi connectivity index (χ0n) is 15.4. The summed E-state index contributed by atoms with van der Waals surface area (Å²) in [6.07, 6.45) is 4.99. The Balaban J connectivity index is 1.39. The van der Waals surface area contributed by atoms with Crippen molar-refractivity contribution in [3.8, 4) is 0 Å². The normalized spacial score (nSPS) is 14.0. The maximum Gasteiger partial charge on any atom is 0.258 e. The van der Waals surface area contributed by atoms with Crippen molar-refractivity contribution in [3.63, 3.8) is 0 Å². The molecule has 1 fully saturated rings. The van der Waals surface area contributed by atoms with Gasteiger partial charge in [-0.25, -0.2) is 4.98 Å². The van der Waals surface area contributed by atoms with Crippen molar-refractivity contribution in [1.29, 1.82) is 0 Å². The second-order valence-corrected chi connectivity index (χ2v) is 9.04. The average molecular weight is 410 g/mol. The molecule has 1 saturated carbocycles. The Morgan fingerprint density at radius 2 is 2.14 bits per heavy atom. The summed E-state index contributed by atoms with van der Waals surface area (Å²) in [6, 6.07) is 10.2. The van der Waals surface area contributed by atoms with Crippen LogP contribution in [0.4, 0.5) is 0 Å². The average Bonchev–Trinajstić information content (AvgIpc) is 3.23. The van der Waals surface area contributed by atoms with Gasteiger partial charge in [-0.15, -0.1) is 21.5 Å². The van der Waals surface area contributed by atoms with E-state index in [0.717, 1.165) is 28.7 Å². The van der Waals surface area contributed by atoms with Gasteiger partial charge in [0.25, 0.3) is 5.56 Å². The number of nitrogens with zero attached hydrogens (tertiary/aromatic N) is 5. The van der Waals surface area contributed by atoms with Gasteiger partial charge < -0.3 is 4.57 Å². The first-order valence-electron chi connectivity index (χ1n) is 9.25. The predicted molar refractivity (Wildman–Crippen MR) is 111 cm³/mol. The molecule has 1 aliphatic rings. The molecule has 0 aliphatic heterocycles. The van der Waals surface area contributed by atoms with Crippen LogP contribution in [-0.4, -0.2) is 24.1 Å². The number of rotatable bonds is 6. The Kier molecular flexibility index (Phi) is 4.52. The molecule has 0 atom stereocenters. The van der Waals surface area contributed by atoms with Crippen LogP contribution in [0.15, 0.2) is 51.9 Å². The quantitative estimate of drug-likeness (QED) is 0.452. The van der Waals surface area contributed by atoms with Gasteiger partial charge >= 0.3 is 0 Å². The minimum atomic E-state index is -0.0497. The molecule has 1 aliphatic carbocycles. The minimum absolute atomic E-state index is 0.0497. The molecule has 4 aromatic heterocycles. The SMILES string of the molecule is Cc1ccc2nc(CSc3nnc(Cc4cccs4)n3C3CC3)cc(=O)n2c1. The number of aromatic nitrogens is 5. The summed E-state index contributed by atoms with van der Waals surface area (Å²) in [6.45, 7) is 1.97. The molecule has 0 unspecified atom stereocenters. The van der Waals surface area contributed by atoms with Gasteiger partial charge in [0, 0.05) is 35.4 Å². The molecular weight excluding hydrogens is 390 g/mol. The first-order chi connectivity index (χ1) is 13.7. The Morgan fingerprint density at radius 1 is 1.25 bits per heavy atom. The third kappa shape index (κ3) is 3.49. The van der Waals surface area contributed by atoms with Gasteiger partial charge in [-0.05, 0) is 42.8 Å². The van der Waals surface area contributed by atoms with Crippen LogP contribution in [0, 0.1) is 6.92 Å². The summed E-state index contributed by atoms with van der Waals surface area (Å²) in [5, 5.41) is 11.9. The van der Waals surface area contributed by atoms with Crippen LogP contribution in [0.5, 0.6) is 0 Å². The van der Waals surface area contributed by atoms with Crippen molar-refractivity contribution in [3.05, 3.63) is 74.2 Å². The fourth-order valence-corrected chi connectivity index (χ4v) is 4.88. The van der Waals surface area contributed by atoms with E-state index in [4.69, 9.17) is 0 Å². The lowest BCUT2D eigenvalue weighted by atomic mass is 10.3. The topological polar surface area (TPSA) is 65.1 Å². The zero-order valence-corrected chi connectivity index (χ0v) is 17.0. The molecule has 0 radical (unpaired) electrons. The van der Waals surface area contributed by atoms with E-state index in [9.17, 15) is 4.79 Å². The summed E-state index contributed by atoms with van der Waals surface area (Å²) in [7, 11) is 0. The largest absolute Gasteiger partial charge is 0.303 e. The van der Waals surface area contributed by atoms with Gasteiger partial charge in [-0.3, -0.25) is 9.20 Å². The van der Waals surface area contributed by atoms with E-state index in [1.807, 2.05) is 25.3 Å². The van der Waals surface area contributed by atoms with Crippen LogP contribution in [0.2, 0.25) is 0 Å². The third-order valence-corrected chi connectivity index (χ3v) is 6.62. The minimum Gasteiger partial charge on any atom is -0.303 e. The van der Waals surface area contributed by atoms with Crippen molar-refractivity contribution >= 4 is 28.7 Å². The first kappa shape index (κ1) is 17.6. The second-order valence-electron chi connectivity index (χ2n) is 7.07. The summed E-state index contributed by atoms with van der Waals surface area (Å²) >= 11 is 3.35. The number of pyridine rings is 1. The van der Waals surface area contributed by atoms with Crippen LogP contribution in [0.1, 0.15) is 40.8 Å². The summed E-state index contributed by atoms with van der Waals surface area (Å²) in [5.41, 5.74) is 2.43. The molecule has 0 bridgehead atoms. The summed E-state index contributed by atoms with van der Waals surface area (Å²) in [4.78, 5) is 18.3. The molecule has 0 aromatic carbocycles. The molecule has 28 heavy (non-hydrogen) atoms. The van der Waals surface area contributed by atoms with Crippen LogP contribution >= 0.6 is 23.1 Å². The fraction of sp³-hybridized carbons (Fsp3) is 0.300. The molecule has 6 nitrogen and oxygen atoms in total. The lowest BCUT2D eigenvalue weighted by molar-refractivity contribution is 0.635. The molecule has 0 N–H and O–H groups in total. The van der Waals surface area contributed by atoms with Crippen molar-refractivity contribution in [2.45, 2.75) is 43.1 Å². The van der Waals surface area contributed by atoms with E-state index < -0.39 is 0 Å². The van der Waals surface area contributed by atoms with Gasteiger partial charge in [0.2, 0.25) is 0 Å². The molecule has 4 aromatic rings. The lowest BCUT2D eigenvalue weighted by Crippen LogP contribution is -2.15. The molecule has 0 saturated heterocycles. The van der Waals surface area contributed by atoms with E-state index in [1.54, 1.807) is 33.6 Å². The van der Waals surface area contributed by atoms with Crippen molar-refractivity contribution in [2.24, 2.45) is 0 Å². The molecule has 4 heterocycles. The highest BCUT2D eigenvalue weighted by molar-refractivity contribution is 7.98. The highest BCUT2D eigenvalue weighted by atomic mass is 32.2. The molecule has 142 valence electrons. The van der Waals surface area contributed by atoms with E-state index in [1.165, 1.54) is 17.7 Å². The number of fused-ring (bicyclic) bond motifs is 1. The summed E-state index contributed by atoms with van der Waals surface area (Å²) in [5.74, 6) is 1.62. The number of hydrogen-bond acceptors (Lipinski definition) is 6. The predicted octanol–water partition coefficient (Wildman–Crippen LogP) is 3.87. The van der Waals surface area contributed by atoms with Crippen molar-refractivity contribution < 1.29 is 0 Å². The smallest absolute Gasteiger partial charge is 0.258 e. The standard InChI is InChI=1S/C20H19N5OS2/c1-13-4-7-17-21-14(9-19(26)24(17)11-13)12-28-20-23-22-18(25(20)15-5-6-15)10-16-3-2-8-27-16/h2-4,7-9,11,15H,5-6,10,12H2,1H3. The van der Waals surface area contributed by atoms with Crippen LogP contribution in [0.25, 0.3) is 5.65 Å². The van der Waals surface area contributed by atoms with Gasteiger partial charge in [0.15, 0.2) is 5.16 Å². The summed E-state index contributed by atoms with van der Waals surface area (Å²) < 4.78 is 3.87. The van der Waals surface area contributed by atoms with Crippen molar-refractivity contribution in [1.82, 2.24) is 24.1 Å². The number of thioether (sulfide) groups is 1. The van der Waals surface area contributed by atoms with E-state index in [-0.39, 0.29) is 5.56 Å².